The van der Waals surface area contributed by atoms with E-state index in [-0.39, 0.29) is 0 Å². The number of alkyl halides is 1. The third-order valence-electron chi connectivity index (χ3n) is 1.37. The molecule has 1 aromatic heterocycles. The molecule has 0 fully saturated rings. The highest BCUT2D eigenvalue weighted by molar-refractivity contribution is 9.10. The van der Waals surface area contributed by atoms with E-state index < -0.39 is 11.3 Å². The second kappa shape index (κ2) is 4.98. The number of halogens is 2. The van der Waals surface area contributed by atoms with Crippen LogP contribution in [0.15, 0.2) is 15.9 Å². The van der Waals surface area contributed by atoms with Gasteiger partial charge >= 0.3 is 5.97 Å². The lowest BCUT2D eigenvalue weighted by molar-refractivity contribution is -0.142. The van der Waals surface area contributed by atoms with Gasteiger partial charge in [0.05, 0.1) is 6.61 Å². The molecule has 5 heteroatoms. The normalized spacial score (nSPS) is 12.5. The van der Waals surface area contributed by atoms with Crippen LogP contribution in [0.4, 0.5) is 0 Å². The molecule has 1 unspecified atom stereocenters. The van der Waals surface area contributed by atoms with Crippen LogP contribution < -0.4 is 0 Å². The Morgan fingerprint density at radius 1 is 1.85 bits per heavy atom. The predicted octanol–water partition coefficient (Wildman–Crippen LogP) is 3.35. The van der Waals surface area contributed by atoms with Gasteiger partial charge in [-0.25, -0.2) is 0 Å². The van der Waals surface area contributed by atoms with Crippen molar-refractivity contribution >= 4 is 44.8 Å². The summed E-state index contributed by atoms with van der Waals surface area (Å²) in [7, 11) is 0. The van der Waals surface area contributed by atoms with Gasteiger partial charge < -0.3 is 4.74 Å². The van der Waals surface area contributed by atoms with Gasteiger partial charge in [-0.05, 0) is 34.3 Å². The molecule has 72 valence electrons. The molecule has 0 saturated carbocycles. The fourth-order valence-corrected chi connectivity index (χ4v) is 2.84. The fraction of sp³-hybridized carbons (Fsp3) is 0.375. The Morgan fingerprint density at radius 2 is 2.54 bits per heavy atom. The van der Waals surface area contributed by atoms with Crippen molar-refractivity contribution in [3.8, 4) is 0 Å². The van der Waals surface area contributed by atoms with E-state index in [4.69, 9.17) is 16.3 Å². The van der Waals surface area contributed by atoms with Crippen LogP contribution in [0.3, 0.4) is 0 Å². The highest BCUT2D eigenvalue weighted by Crippen LogP contribution is 2.33. The monoisotopic (exact) mass is 282 g/mol. The lowest BCUT2D eigenvalue weighted by Crippen LogP contribution is -2.10. The van der Waals surface area contributed by atoms with Crippen LogP contribution >= 0.6 is 38.9 Å². The van der Waals surface area contributed by atoms with E-state index in [1.54, 1.807) is 6.92 Å². The quantitative estimate of drug-likeness (QED) is 0.628. The van der Waals surface area contributed by atoms with E-state index in [9.17, 15) is 4.79 Å². The smallest absolute Gasteiger partial charge is 0.329 e. The average molecular weight is 284 g/mol. The van der Waals surface area contributed by atoms with Gasteiger partial charge in [-0.2, -0.15) is 0 Å². The third-order valence-corrected chi connectivity index (χ3v) is 3.83. The maximum absolute atomic E-state index is 11.2. The zero-order valence-electron chi connectivity index (χ0n) is 6.92. The molecule has 0 aliphatic rings. The van der Waals surface area contributed by atoms with Crippen molar-refractivity contribution in [2.75, 3.05) is 6.61 Å². The molecular formula is C8H8BrClO2S. The summed E-state index contributed by atoms with van der Waals surface area (Å²) >= 11 is 10.6. The molecule has 13 heavy (non-hydrogen) atoms. The number of hydrogen-bond donors (Lipinski definition) is 0. The maximum atomic E-state index is 11.2. The van der Waals surface area contributed by atoms with Gasteiger partial charge in [0, 0.05) is 9.35 Å². The van der Waals surface area contributed by atoms with E-state index in [0.717, 1.165) is 9.35 Å². The third kappa shape index (κ3) is 2.69. The summed E-state index contributed by atoms with van der Waals surface area (Å²) in [4.78, 5) is 12.0. The summed E-state index contributed by atoms with van der Waals surface area (Å²) < 4.78 is 5.65. The molecule has 0 radical (unpaired) electrons. The number of ether oxygens (including phenoxy) is 1. The van der Waals surface area contributed by atoms with Gasteiger partial charge in [-0.1, -0.05) is 0 Å². The molecule has 0 amide bonds. The molecule has 2 nitrogen and oxygen atoms in total. The van der Waals surface area contributed by atoms with Crippen LogP contribution in [0.5, 0.6) is 0 Å². The van der Waals surface area contributed by atoms with Gasteiger partial charge in [-0.3, -0.25) is 4.79 Å². The fourth-order valence-electron chi connectivity index (χ4n) is 0.809. The Labute approximate surface area is 94.0 Å². The lowest BCUT2D eigenvalue weighted by Gasteiger charge is -2.06. The van der Waals surface area contributed by atoms with Gasteiger partial charge in [0.2, 0.25) is 0 Å². The summed E-state index contributed by atoms with van der Waals surface area (Å²) in [6, 6.07) is 1.86. The molecule has 0 aromatic carbocycles. The van der Waals surface area contributed by atoms with Crippen molar-refractivity contribution < 1.29 is 9.53 Å². The summed E-state index contributed by atoms with van der Waals surface area (Å²) in [5, 5.41) is 1.17. The topological polar surface area (TPSA) is 26.3 Å². The molecule has 0 saturated heterocycles. The summed E-state index contributed by atoms with van der Waals surface area (Å²) in [5.41, 5.74) is 0. The molecule has 1 heterocycles. The number of thiophene rings is 1. The van der Waals surface area contributed by atoms with Crippen molar-refractivity contribution in [1.82, 2.24) is 0 Å². The van der Waals surface area contributed by atoms with Crippen molar-refractivity contribution in [1.29, 1.82) is 0 Å². The van der Waals surface area contributed by atoms with Crippen molar-refractivity contribution in [2.45, 2.75) is 12.3 Å². The lowest BCUT2D eigenvalue weighted by atomic mass is 10.3. The summed E-state index contributed by atoms with van der Waals surface area (Å²) in [6.45, 7) is 2.11. The zero-order valence-corrected chi connectivity index (χ0v) is 10.1. The SMILES string of the molecule is CCOC(=O)C(Cl)c1sccc1Br. The Balaban J connectivity index is 2.73. The summed E-state index contributed by atoms with van der Waals surface area (Å²) in [5.74, 6) is -0.396. The molecular weight excluding hydrogens is 276 g/mol. The van der Waals surface area contributed by atoms with Crippen LogP contribution in [-0.4, -0.2) is 12.6 Å². The van der Waals surface area contributed by atoms with Crippen molar-refractivity contribution in [3.63, 3.8) is 0 Å². The predicted molar refractivity (Wildman–Crippen MR) is 57.2 cm³/mol. The van der Waals surface area contributed by atoms with Crippen molar-refractivity contribution in [3.05, 3.63) is 20.8 Å². The van der Waals surface area contributed by atoms with Crippen LogP contribution in [0.1, 0.15) is 17.2 Å². The molecule has 0 aliphatic carbocycles. The van der Waals surface area contributed by atoms with Crippen LogP contribution in [-0.2, 0) is 9.53 Å². The van der Waals surface area contributed by atoms with Crippen LogP contribution in [0.2, 0.25) is 0 Å². The van der Waals surface area contributed by atoms with E-state index in [0.29, 0.717) is 6.61 Å². The molecule has 0 N–H and O–H groups in total. The number of carbonyl (C=O) groups excluding carboxylic acids is 1. The second-order valence-corrected chi connectivity index (χ2v) is 4.49. The molecule has 0 aliphatic heterocycles. The molecule has 1 aromatic rings. The Kier molecular flexibility index (Phi) is 4.22. The van der Waals surface area contributed by atoms with Crippen molar-refractivity contribution in [2.24, 2.45) is 0 Å². The first-order valence-electron chi connectivity index (χ1n) is 3.70. The number of esters is 1. The van der Waals surface area contributed by atoms with Crippen LogP contribution in [0.25, 0.3) is 0 Å². The Hall–Kier alpha value is -0.0600. The maximum Gasteiger partial charge on any atom is 0.329 e. The Bertz CT molecular complexity index is 300. The minimum atomic E-state index is -0.700. The van der Waals surface area contributed by atoms with Gasteiger partial charge in [0.25, 0.3) is 0 Å². The number of hydrogen-bond acceptors (Lipinski definition) is 3. The molecule has 1 atom stereocenters. The first kappa shape index (κ1) is 11.0. The van der Waals surface area contributed by atoms with E-state index in [1.807, 2.05) is 11.4 Å². The standard InChI is InChI=1S/C8H8BrClO2S/c1-2-12-8(11)6(10)7-5(9)3-4-13-7/h3-4,6H,2H2,1H3. The molecule has 0 spiro atoms. The summed E-state index contributed by atoms with van der Waals surface area (Å²) in [6.07, 6.45) is 0. The minimum absolute atomic E-state index is 0.352. The Morgan fingerprint density at radius 3 is 3.00 bits per heavy atom. The molecule has 0 bridgehead atoms. The number of carbonyl (C=O) groups is 1. The number of rotatable bonds is 3. The van der Waals surface area contributed by atoms with Crippen LogP contribution in [0, 0.1) is 0 Å². The first-order valence-corrected chi connectivity index (χ1v) is 5.81. The highest BCUT2D eigenvalue weighted by Gasteiger charge is 2.22. The minimum Gasteiger partial charge on any atom is -0.465 e. The first-order chi connectivity index (χ1) is 6.16. The van der Waals surface area contributed by atoms with E-state index >= 15 is 0 Å². The second-order valence-electron chi connectivity index (χ2n) is 2.25. The van der Waals surface area contributed by atoms with E-state index in [2.05, 4.69) is 15.9 Å². The van der Waals surface area contributed by atoms with Gasteiger partial charge in [0.1, 0.15) is 0 Å². The largest absolute Gasteiger partial charge is 0.465 e. The molecule has 1 rings (SSSR count). The zero-order chi connectivity index (χ0) is 9.84. The van der Waals surface area contributed by atoms with E-state index in [1.165, 1.54) is 11.3 Å². The highest BCUT2D eigenvalue weighted by atomic mass is 79.9. The van der Waals surface area contributed by atoms with Gasteiger partial charge in [-0.15, -0.1) is 22.9 Å². The van der Waals surface area contributed by atoms with Gasteiger partial charge in [0.15, 0.2) is 5.38 Å². The average Bonchev–Trinajstić information content (AvgIpc) is 2.50.